The van der Waals surface area contributed by atoms with Gasteiger partial charge in [-0.25, -0.2) is 14.4 Å². The molecule has 1 aliphatic heterocycles. The third-order valence-corrected chi connectivity index (χ3v) is 6.60. The second-order valence-electron chi connectivity index (χ2n) is 9.09. The largest absolute Gasteiger partial charge is 0.478 e. The number of carboxylic acid groups (broad SMARTS) is 1. The Balaban J connectivity index is 1.38. The van der Waals surface area contributed by atoms with E-state index < -0.39 is 29.5 Å². The van der Waals surface area contributed by atoms with Crippen molar-refractivity contribution in [2.24, 2.45) is 0 Å². The summed E-state index contributed by atoms with van der Waals surface area (Å²) in [6, 6.07) is 20.6. The van der Waals surface area contributed by atoms with Crippen LogP contribution in [0.4, 0.5) is 13.2 Å². The molecular formula is C30H19F3O7. The third-order valence-electron chi connectivity index (χ3n) is 6.60. The molecule has 0 spiro atoms. The zero-order chi connectivity index (χ0) is 28.7. The number of carboxylic acids is 1. The van der Waals surface area contributed by atoms with Gasteiger partial charge < -0.3 is 19.3 Å². The van der Waals surface area contributed by atoms with Gasteiger partial charge in [-0.2, -0.15) is 13.2 Å². The SMILES string of the molecule is CC(c1ccc(Oc2cccc(C(=O)O)c2)cc1)(c1ccc(Oc2ccc3c(c2)C(=O)OC3=O)cc1)C(F)(F)F. The molecule has 1 atom stereocenters. The number of hydrogen-bond acceptors (Lipinski definition) is 6. The van der Waals surface area contributed by atoms with E-state index in [1.807, 2.05) is 0 Å². The van der Waals surface area contributed by atoms with Crippen LogP contribution < -0.4 is 9.47 Å². The molecule has 0 saturated heterocycles. The highest BCUT2D eigenvalue weighted by molar-refractivity contribution is 6.14. The van der Waals surface area contributed by atoms with Crippen LogP contribution in [0, 0.1) is 0 Å². The number of ether oxygens (including phenoxy) is 3. The Morgan fingerprint density at radius 1 is 0.700 bits per heavy atom. The maximum atomic E-state index is 14.5. The topological polar surface area (TPSA) is 99.1 Å². The quantitative estimate of drug-likeness (QED) is 0.193. The maximum Gasteiger partial charge on any atom is 0.402 e. The summed E-state index contributed by atoms with van der Waals surface area (Å²) in [7, 11) is 0. The van der Waals surface area contributed by atoms with Crippen LogP contribution in [-0.2, 0) is 10.2 Å². The molecule has 0 amide bonds. The summed E-state index contributed by atoms with van der Waals surface area (Å²) in [6.45, 7) is 1.07. The Kier molecular flexibility index (Phi) is 6.54. The Morgan fingerprint density at radius 3 is 1.73 bits per heavy atom. The normalized spacial score (nSPS) is 14.2. The van der Waals surface area contributed by atoms with Crippen molar-refractivity contribution >= 4 is 17.9 Å². The lowest BCUT2D eigenvalue weighted by Crippen LogP contribution is -2.40. The lowest BCUT2D eigenvalue weighted by Gasteiger charge is -2.33. The van der Waals surface area contributed by atoms with Crippen LogP contribution in [0.3, 0.4) is 0 Å². The van der Waals surface area contributed by atoms with Crippen LogP contribution in [0.25, 0.3) is 0 Å². The number of benzene rings is 4. The van der Waals surface area contributed by atoms with Gasteiger partial charge in [-0.15, -0.1) is 0 Å². The van der Waals surface area contributed by atoms with E-state index in [1.165, 1.54) is 91.0 Å². The number of halogens is 3. The average molecular weight is 548 g/mol. The van der Waals surface area contributed by atoms with Gasteiger partial charge in [-0.3, -0.25) is 0 Å². The van der Waals surface area contributed by atoms with Crippen molar-refractivity contribution in [3.8, 4) is 23.0 Å². The number of rotatable bonds is 7. The predicted molar refractivity (Wildman–Crippen MR) is 135 cm³/mol. The van der Waals surface area contributed by atoms with Crippen LogP contribution in [0.15, 0.2) is 91.0 Å². The van der Waals surface area contributed by atoms with Crippen LogP contribution >= 0.6 is 0 Å². The number of carbonyl (C=O) groups excluding carboxylic acids is 2. The molecule has 0 aliphatic carbocycles. The highest BCUT2D eigenvalue weighted by atomic mass is 19.4. The number of carbonyl (C=O) groups is 3. The molecule has 1 N–H and O–H groups in total. The highest BCUT2D eigenvalue weighted by Gasteiger charge is 2.53. The van der Waals surface area contributed by atoms with Gasteiger partial charge in [-0.1, -0.05) is 30.3 Å². The molecule has 40 heavy (non-hydrogen) atoms. The van der Waals surface area contributed by atoms with Gasteiger partial charge in [-0.05, 0) is 78.7 Å². The predicted octanol–water partition coefficient (Wildman–Crippen LogP) is 7.15. The smallest absolute Gasteiger partial charge is 0.402 e. The molecule has 1 heterocycles. The second kappa shape index (κ2) is 9.88. The van der Waals surface area contributed by atoms with Gasteiger partial charge in [0.2, 0.25) is 0 Å². The van der Waals surface area contributed by atoms with Crippen LogP contribution in [0.5, 0.6) is 23.0 Å². The molecule has 5 rings (SSSR count). The molecule has 4 aromatic rings. The first-order chi connectivity index (χ1) is 19.0. The van der Waals surface area contributed by atoms with E-state index in [2.05, 4.69) is 4.74 Å². The van der Waals surface area contributed by atoms with Crippen molar-refractivity contribution in [3.63, 3.8) is 0 Å². The van der Waals surface area contributed by atoms with Gasteiger partial charge in [0, 0.05) is 0 Å². The first-order valence-electron chi connectivity index (χ1n) is 11.8. The molecule has 0 radical (unpaired) electrons. The first-order valence-corrected chi connectivity index (χ1v) is 11.8. The van der Waals surface area contributed by atoms with E-state index in [-0.39, 0.29) is 50.8 Å². The summed E-state index contributed by atoms with van der Waals surface area (Å²) < 4.78 is 59.4. The Morgan fingerprint density at radius 2 is 1.20 bits per heavy atom. The van der Waals surface area contributed by atoms with E-state index in [4.69, 9.17) is 14.6 Å². The van der Waals surface area contributed by atoms with E-state index in [1.54, 1.807) is 0 Å². The van der Waals surface area contributed by atoms with Crippen molar-refractivity contribution in [2.75, 3.05) is 0 Å². The molecule has 0 fully saturated rings. The third kappa shape index (κ3) is 4.86. The molecule has 4 aromatic carbocycles. The minimum absolute atomic E-state index is 0.0139. The Bertz CT molecular complexity index is 1630. The molecule has 10 heteroatoms. The standard InChI is InChI=1S/C30H19F3O7/c1-29(30(31,32)33,18-5-9-20(10-6-18)38-22-4-2-3-17(15-22)26(34)35)19-7-11-21(12-8-19)39-23-13-14-24-25(16-23)28(37)40-27(24)36/h2-16H,1H3,(H,34,35). The number of alkyl halides is 3. The Labute approximate surface area is 225 Å². The minimum Gasteiger partial charge on any atom is -0.478 e. The molecule has 0 saturated carbocycles. The van der Waals surface area contributed by atoms with Gasteiger partial charge in [0.05, 0.1) is 16.7 Å². The first kappa shape index (κ1) is 26.5. The van der Waals surface area contributed by atoms with Gasteiger partial charge in [0.25, 0.3) is 0 Å². The van der Waals surface area contributed by atoms with E-state index in [0.717, 1.165) is 6.92 Å². The van der Waals surface area contributed by atoms with Gasteiger partial charge in [0.1, 0.15) is 28.4 Å². The number of esters is 2. The molecular weight excluding hydrogens is 529 g/mol. The fraction of sp³-hybridized carbons (Fsp3) is 0.100. The fourth-order valence-electron chi connectivity index (χ4n) is 4.30. The lowest BCUT2D eigenvalue weighted by molar-refractivity contribution is -0.173. The highest BCUT2D eigenvalue weighted by Crippen LogP contribution is 2.47. The van der Waals surface area contributed by atoms with Gasteiger partial charge in [0.15, 0.2) is 0 Å². The van der Waals surface area contributed by atoms with Gasteiger partial charge >= 0.3 is 24.1 Å². The van der Waals surface area contributed by atoms with E-state index in [9.17, 15) is 27.6 Å². The monoisotopic (exact) mass is 548 g/mol. The van der Waals surface area contributed by atoms with Crippen molar-refractivity contribution in [3.05, 3.63) is 119 Å². The van der Waals surface area contributed by atoms with Crippen LogP contribution in [-0.4, -0.2) is 29.2 Å². The summed E-state index contributed by atoms with van der Waals surface area (Å²) >= 11 is 0. The Hall–Kier alpha value is -5.12. The maximum absolute atomic E-state index is 14.5. The molecule has 0 bridgehead atoms. The van der Waals surface area contributed by atoms with Crippen molar-refractivity contribution in [2.45, 2.75) is 18.5 Å². The summed E-state index contributed by atoms with van der Waals surface area (Å²) in [4.78, 5) is 34.6. The number of aromatic carboxylic acids is 1. The van der Waals surface area contributed by atoms with E-state index >= 15 is 0 Å². The molecule has 0 aromatic heterocycles. The lowest BCUT2D eigenvalue weighted by atomic mass is 9.75. The molecule has 1 aliphatic rings. The minimum atomic E-state index is -4.67. The molecule has 1 unspecified atom stereocenters. The zero-order valence-electron chi connectivity index (χ0n) is 20.7. The van der Waals surface area contributed by atoms with Crippen molar-refractivity contribution in [1.29, 1.82) is 0 Å². The summed E-state index contributed by atoms with van der Waals surface area (Å²) in [6.07, 6.45) is -4.67. The molecule has 7 nitrogen and oxygen atoms in total. The fourth-order valence-corrected chi connectivity index (χ4v) is 4.30. The second-order valence-corrected chi connectivity index (χ2v) is 9.09. The van der Waals surface area contributed by atoms with E-state index in [0.29, 0.717) is 0 Å². The number of cyclic esters (lactones) is 2. The number of fused-ring (bicyclic) bond motifs is 1. The summed E-state index contributed by atoms with van der Waals surface area (Å²) in [5.74, 6) is -1.79. The van der Waals surface area contributed by atoms with Crippen LogP contribution in [0.1, 0.15) is 49.1 Å². The van der Waals surface area contributed by atoms with Crippen LogP contribution in [0.2, 0.25) is 0 Å². The summed E-state index contributed by atoms with van der Waals surface area (Å²) in [5.41, 5.74) is -2.30. The molecule has 202 valence electrons. The van der Waals surface area contributed by atoms with Crippen molar-refractivity contribution in [1.82, 2.24) is 0 Å². The number of hydrogen-bond donors (Lipinski definition) is 1. The van der Waals surface area contributed by atoms with Crippen molar-refractivity contribution < 1.29 is 46.9 Å². The summed E-state index contributed by atoms with van der Waals surface area (Å²) in [5, 5.41) is 9.13. The average Bonchev–Trinajstić information content (AvgIpc) is 3.21. The zero-order valence-corrected chi connectivity index (χ0v) is 20.7.